The SMILES string of the molecule is FC1(F)C=CC(CBr)=CC1. The Morgan fingerprint density at radius 2 is 2.30 bits per heavy atom. The topological polar surface area (TPSA) is 0 Å². The summed E-state index contributed by atoms with van der Waals surface area (Å²) in [6, 6.07) is 0. The van der Waals surface area contributed by atoms with Crippen molar-refractivity contribution in [2.75, 3.05) is 5.33 Å². The van der Waals surface area contributed by atoms with Gasteiger partial charge in [0.15, 0.2) is 0 Å². The number of rotatable bonds is 1. The van der Waals surface area contributed by atoms with E-state index in [9.17, 15) is 8.78 Å². The van der Waals surface area contributed by atoms with Crippen molar-refractivity contribution in [1.29, 1.82) is 0 Å². The predicted octanol–water partition coefficient (Wildman–Crippen LogP) is 2.90. The van der Waals surface area contributed by atoms with E-state index in [0.717, 1.165) is 11.6 Å². The van der Waals surface area contributed by atoms with Crippen molar-refractivity contribution in [3.8, 4) is 0 Å². The van der Waals surface area contributed by atoms with Crippen molar-refractivity contribution in [3.05, 3.63) is 23.8 Å². The number of allylic oxidation sites excluding steroid dienone is 4. The van der Waals surface area contributed by atoms with Gasteiger partial charge in [-0.3, -0.25) is 0 Å². The van der Waals surface area contributed by atoms with Gasteiger partial charge >= 0.3 is 0 Å². The zero-order valence-corrected chi connectivity index (χ0v) is 6.87. The standard InChI is InChI=1S/C7H7BrF2/c8-5-6-1-3-7(9,10)4-2-6/h1-3H,4-5H2. The van der Waals surface area contributed by atoms with Crippen LogP contribution in [0.3, 0.4) is 0 Å². The van der Waals surface area contributed by atoms with E-state index in [-0.39, 0.29) is 6.42 Å². The lowest BCUT2D eigenvalue weighted by Gasteiger charge is -2.13. The van der Waals surface area contributed by atoms with Gasteiger partial charge in [-0.15, -0.1) is 0 Å². The summed E-state index contributed by atoms with van der Waals surface area (Å²) in [5.74, 6) is -2.62. The van der Waals surface area contributed by atoms with Gasteiger partial charge in [-0.25, -0.2) is 8.78 Å². The molecule has 3 heteroatoms. The van der Waals surface area contributed by atoms with E-state index in [2.05, 4.69) is 15.9 Å². The quantitative estimate of drug-likeness (QED) is 0.582. The second kappa shape index (κ2) is 2.82. The fourth-order valence-electron chi connectivity index (χ4n) is 0.731. The van der Waals surface area contributed by atoms with Crippen molar-refractivity contribution in [2.45, 2.75) is 12.3 Å². The third-order valence-electron chi connectivity index (χ3n) is 1.33. The molecule has 0 spiro atoms. The van der Waals surface area contributed by atoms with E-state index >= 15 is 0 Å². The molecule has 0 aliphatic heterocycles. The highest BCUT2D eigenvalue weighted by Gasteiger charge is 2.25. The van der Waals surface area contributed by atoms with Gasteiger partial charge in [-0.1, -0.05) is 28.1 Å². The molecule has 0 aromatic rings. The molecule has 0 radical (unpaired) electrons. The summed E-state index contributed by atoms with van der Waals surface area (Å²) in [5.41, 5.74) is 0.922. The van der Waals surface area contributed by atoms with Crippen LogP contribution in [0, 0.1) is 0 Å². The van der Waals surface area contributed by atoms with Crippen LogP contribution in [0.25, 0.3) is 0 Å². The molecule has 0 bridgehead atoms. The minimum atomic E-state index is -2.62. The van der Waals surface area contributed by atoms with E-state index in [1.807, 2.05) is 0 Å². The average Bonchev–Trinajstić information content (AvgIpc) is 1.88. The van der Waals surface area contributed by atoms with Crippen molar-refractivity contribution >= 4 is 15.9 Å². The van der Waals surface area contributed by atoms with Crippen LogP contribution in [0.4, 0.5) is 8.78 Å². The molecule has 1 rings (SSSR count). The monoisotopic (exact) mass is 208 g/mol. The first-order valence-corrected chi connectivity index (χ1v) is 4.08. The second-order valence-corrected chi connectivity index (χ2v) is 2.77. The summed E-state index contributed by atoms with van der Waals surface area (Å²) in [6.07, 6.45) is 3.79. The number of hydrogen-bond donors (Lipinski definition) is 0. The highest BCUT2D eigenvalue weighted by Crippen LogP contribution is 2.26. The molecule has 0 unspecified atom stereocenters. The number of hydrogen-bond acceptors (Lipinski definition) is 0. The smallest absolute Gasteiger partial charge is 0.202 e. The van der Waals surface area contributed by atoms with Crippen molar-refractivity contribution in [1.82, 2.24) is 0 Å². The van der Waals surface area contributed by atoms with E-state index < -0.39 is 5.92 Å². The van der Waals surface area contributed by atoms with Crippen LogP contribution in [0.1, 0.15) is 6.42 Å². The van der Waals surface area contributed by atoms with Crippen LogP contribution in [0.15, 0.2) is 23.8 Å². The Morgan fingerprint density at radius 1 is 1.60 bits per heavy atom. The van der Waals surface area contributed by atoms with E-state index in [1.165, 1.54) is 6.08 Å². The van der Waals surface area contributed by atoms with Gasteiger partial charge in [-0.2, -0.15) is 0 Å². The van der Waals surface area contributed by atoms with E-state index in [4.69, 9.17) is 0 Å². The third-order valence-corrected chi connectivity index (χ3v) is 1.98. The van der Waals surface area contributed by atoms with Gasteiger partial charge in [0.2, 0.25) is 0 Å². The molecule has 0 amide bonds. The fraction of sp³-hybridized carbons (Fsp3) is 0.429. The molecular weight excluding hydrogens is 202 g/mol. The first-order chi connectivity index (χ1) is 4.64. The summed E-state index contributed by atoms with van der Waals surface area (Å²) < 4.78 is 24.7. The Balaban J connectivity index is 2.63. The lowest BCUT2D eigenvalue weighted by Crippen LogP contribution is -2.13. The molecule has 10 heavy (non-hydrogen) atoms. The van der Waals surface area contributed by atoms with Crippen LogP contribution in [0.5, 0.6) is 0 Å². The molecule has 0 aromatic heterocycles. The molecule has 0 saturated heterocycles. The van der Waals surface area contributed by atoms with Gasteiger partial charge in [0.25, 0.3) is 5.92 Å². The highest BCUT2D eigenvalue weighted by atomic mass is 79.9. The molecule has 0 N–H and O–H groups in total. The van der Waals surface area contributed by atoms with Crippen LogP contribution in [-0.2, 0) is 0 Å². The Labute approximate surface area is 66.7 Å². The summed E-state index contributed by atoms with van der Waals surface area (Å²) in [6.45, 7) is 0. The first-order valence-electron chi connectivity index (χ1n) is 2.96. The predicted molar refractivity (Wildman–Crippen MR) is 40.6 cm³/mol. The van der Waals surface area contributed by atoms with Gasteiger partial charge in [0, 0.05) is 11.8 Å². The van der Waals surface area contributed by atoms with Crippen LogP contribution < -0.4 is 0 Å². The Bertz CT molecular complexity index is 182. The van der Waals surface area contributed by atoms with Crippen LogP contribution in [0.2, 0.25) is 0 Å². The third kappa shape index (κ3) is 1.90. The normalized spacial score (nSPS) is 22.5. The molecular formula is C7H7BrF2. The summed E-state index contributed by atoms with van der Waals surface area (Å²) in [5, 5.41) is 0.652. The number of halogens is 3. The summed E-state index contributed by atoms with van der Waals surface area (Å²) >= 11 is 3.18. The first kappa shape index (κ1) is 7.92. The van der Waals surface area contributed by atoms with Crippen molar-refractivity contribution < 1.29 is 8.78 Å². The lowest BCUT2D eigenvalue weighted by molar-refractivity contribution is 0.0572. The Morgan fingerprint density at radius 3 is 2.70 bits per heavy atom. The molecule has 0 nitrogen and oxygen atoms in total. The minimum absolute atomic E-state index is 0.162. The summed E-state index contributed by atoms with van der Waals surface area (Å²) in [7, 11) is 0. The van der Waals surface area contributed by atoms with Crippen LogP contribution >= 0.6 is 15.9 Å². The van der Waals surface area contributed by atoms with E-state index in [1.54, 1.807) is 6.08 Å². The fourth-order valence-corrected chi connectivity index (χ4v) is 1.15. The second-order valence-electron chi connectivity index (χ2n) is 2.21. The van der Waals surface area contributed by atoms with Crippen molar-refractivity contribution in [3.63, 3.8) is 0 Å². The minimum Gasteiger partial charge on any atom is -0.202 e. The zero-order valence-electron chi connectivity index (χ0n) is 5.28. The van der Waals surface area contributed by atoms with Gasteiger partial charge in [0.05, 0.1) is 0 Å². The maximum Gasteiger partial charge on any atom is 0.270 e. The Hall–Kier alpha value is -0.180. The Kier molecular flexibility index (Phi) is 2.24. The molecule has 1 aliphatic carbocycles. The zero-order chi connectivity index (χ0) is 7.61. The maximum atomic E-state index is 12.4. The van der Waals surface area contributed by atoms with Crippen molar-refractivity contribution in [2.24, 2.45) is 0 Å². The largest absolute Gasteiger partial charge is 0.270 e. The summed E-state index contributed by atoms with van der Waals surface area (Å²) in [4.78, 5) is 0. The highest BCUT2D eigenvalue weighted by molar-refractivity contribution is 9.09. The average molecular weight is 209 g/mol. The molecule has 0 heterocycles. The van der Waals surface area contributed by atoms with Crippen LogP contribution in [-0.4, -0.2) is 11.3 Å². The molecule has 0 aromatic carbocycles. The van der Waals surface area contributed by atoms with Gasteiger partial charge < -0.3 is 0 Å². The molecule has 0 saturated carbocycles. The maximum absolute atomic E-state index is 12.4. The van der Waals surface area contributed by atoms with Gasteiger partial charge in [-0.05, 0) is 11.6 Å². The van der Waals surface area contributed by atoms with Gasteiger partial charge in [0.1, 0.15) is 0 Å². The molecule has 56 valence electrons. The number of alkyl halides is 3. The molecule has 0 fully saturated rings. The molecule has 1 aliphatic rings. The lowest BCUT2D eigenvalue weighted by atomic mass is 10.1. The molecule has 0 atom stereocenters. The van der Waals surface area contributed by atoms with E-state index in [0.29, 0.717) is 5.33 Å².